The van der Waals surface area contributed by atoms with Crippen LogP contribution in [0.25, 0.3) is 16.7 Å². The van der Waals surface area contributed by atoms with E-state index >= 15 is 0 Å². The van der Waals surface area contributed by atoms with Crippen molar-refractivity contribution in [3.8, 4) is 0 Å². The van der Waals surface area contributed by atoms with Crippen LogP contribution >= 0.6 is 0 Å². The van der Waals surface area contributed by atoms with Crippen molar-refractivity contribution in [1.29, 1.82) is 0 Å². The Hall–Kier alpha value is -3.16. The molecule has 29 heavy (non-hydrogen) atoms. The van der Waals surface area contributed by atoms with Gasteiger partial charge in [0.15, 0.2) is 0 Å². The Kier molecular flexibility index (Phi) is 4.86. The number of piperidine rings is 1. The minimum Gasteiger partial charge on any atom is -0.466 e. The number of carbonyl (C=O) groups is 2. The monoisotopic (exact) mass is 396 g/mol. The highest BCUT2D eigenvalue weighted by atomic mass is 16.5. The maximum absolute atomic E-state index is 13.1. The van der Waals surface area contributed by atoms with Crippen molar-refractivity contribution in [2.24, 2.45) is 13.0 Å². The molecule has 3 aromatic rings. The number of hydrogen-bond donors (Lipinski definition) is 0. The van der Waals surface area contributed by atoms with Crippen molar-refractivity contribution in [2.75, 3.05) is 19.7 Å². The maximum Gasteiger partial charge on any atom is 0.309 e. The molecule has 0 bridgehead atoms. The van der Waals surface area contributed by atoms with Crippen LogP contribution in [-0.4, -0.2) is 50.4 Å². The quantitative estimate of drug-likeness (QED) is 0.632. The van der Waals surface area contributed by atoms with E-state index < -0.39 is 0 Å². The molecule has 1 aliphatic heterocycles. The van der Waals surface area contributed by atoms with E-state index in [1.165, 1.54) is 4.40 Å². The number of pyridine rings is 1. The molecular weight excluding hydrogens is 372 g/mol. The molecule has 8 nitrogen and oxygen atoms in total. The van der Waals surface area contributed by atoms with Crippen LogP contribution in [0.3, 0.4) is 0 Å². The molecule has 0 radical (unpaired) electrons. The van der Waals surface area contributed by atoms with E-state index in [2.05, 4.69) is 4.98 Å². The van der Waals surface area contributed by atoms with Crippen molar-refractivity contribution in [1.82, 2.24) is 18.9 Å². The van der Waals surface area contributed by atoms with Crippen molar-refractivity contribution in [2.45, 2.75) is 26.7 Å². The first-order valence-electron chi connectivity index (χ1n) is 9.85. The topological polar surface area (TPSA) is 85.9 Å². The lowest BCUT2D eigenvalue weighted by Gasteiger charge is -2.30. The number of aromatic nitrogens is 3. The van der Waals surface area contributed by atoms with E-state index in [0.29, 0.717) is 54.9 Å². The summed E-state index contributed by atoms with van der Waals surface area (Å²) in [6.07, 6.45) is 2.85. The fourth-order valence-electron chi connectivity index (χ4n) is 3.98. The second kappa shape index (κ2) is 7.35. The number of nitrogens with zero attached hydrogens (tertiary/aromatic N) is 4. The third-order valence-corrected chi connectivity index (χ3v) is 5.65. The van der Waals surface area contributed by atoms with Crippen LogP contribution in [0, 0.1) is 12.8 Å². The van der Waals surface area contributed by atoms with Crippen LogP contribution in [0.15, 0.2) is 29.2 Å². The molecule has 4 rings (SSSR count). The van der Waals surface area contributed by atoms with Crippen LogP contribution < -0.4 is 5.56 Å². The molecule has 0 atom stereocenters. The van der Waals surface area contributed by atoms with E-state index in [0.717, 1.165) is 5.56 Å². The number of aryl methyl sites for hydroxylation is 2. The summed E-state index contributed by atoms with van der Waals surface area (Å²) in [6.45, 7) is 5.02. The van der Waals surface area contributed by atoms with Crippen molar-refractivity contribution >= 4 is 28.6 Å². The minimum absolute atomic E-state index is 0.155. The second-order valence-electron chi connectivity index (χ2n) is 7.45. The minimum atomic E-state index is -0.191. The Labute approximate surface area is 167 Å². The summed E-state index contributed by atoms with van der Waals surface area (Å²) in [6, 6.07) is 5.33. The first-order chi connectivity index (χ1) is 13.9. The standard InChI is InChI=1S/C21H24N4O4/c1-4-29-21(28)14-7-10-24(11-8-14)20(27)16-12-15-18(23(16)3)22-17-13(2)6-5-9-25(17)19(15)26/h5-6,9,12,14H,4,7-8,10-11H2,1-3H3. The first kappa shape index (κ1) is 19.2. The smallest absolute Gasteiger partial charge is 0.309 e. The number of likely N-dealkylation sites (tertiary alicyclic amines) is 1. The first-order valence-corrected chi connectivity index (χ1v) is 9.85. The highest BCUT2D eigenvalue weighted by Gasteiger charge is 2.30. The van der Waals surface area contributed by atoms with Crippen LogP contribution in [0.4, 0.5) is 0 Å². The molecule has 1 aliphatic rings. The Morgan fingerprint density at radius 3 is 2.66 bits per heavy atom. The zero-order valence-electron chi connectivity index (χ0n) is 16.8. The fourth-order valence-corrected chi connectivity index (χ4v) is 3.98. The number of rotatable bonds is 3. The summed E-state index contributed by atoms with van der Waals surface area (Å²) < 4.78 is 8.28. The highest BCUT2D eigenvalue weighted by molar-refractivity contribution is 5.98. The number of carbonyl (C=O) groups excluding carboxylic acids is 2. The molecule has 8 heteroatoms. The summed E-state index contributed by atoms with van der Waals surface area (Å²) in [7, 11) is 1.75. The van der Waals surface area contributed by atoms with Gasteiger partial charge in [0.05, 0.1) is 17.9 Å². The lowest BCUT2D eigenvalue weighted by atomic mass is 9.97. The van der Waals surface area contributed by atoms with E-state index in [-0.39, 0.29) is 23.4 Å². The fraction of sp³-hybridized carbons (Fsp3) is 0.429. The van der Waals surface area contributed by atoms with Gasteiger partial charge in [-0.25, -0.2) is 4.98 Å². The molecule has 152 valence electrons. The van der Waals surface area contributed by atoms with Gasteiger partial charge in [-0.2, -0.15) is 0 Å². The number of ether oxygens (including phenoxy) is 1. The van der Waals surface area contributed by atoms with Crippen LogP contribution in [0.5, 0.6) is 0 Å². The molecule has 3 aromatic heterocycles. The van der Waals surface area contributed by atoms with Gasteiger partial charge in [0.25, 0.3) is 11.5 Å². The van der Waals surface area contributed by atoms with Gasteiger partial charge < -0.3 is 14.2 Å². The van der Waals surface area contributed by atoms with Gasteiger partial charge in [0, 0.05) is 26.3 Å². The predicted molar refractivity (Wildman–Crippen MR) is 108 cm³/mol. The van der Waals surface area contributed by atoms with Crippen LogP contribution in [-0.2, 0) is 16.6 Å². The predicted octanol–water partition coefficient (Wildman–Crippen LogP) is 1.91. The Bertz CT molecular complexity index is 1170. The summed E-state index contributed by atoms with van der Waals surface area (Å²) in [5.74, 6) is -0.507. The lowest BCUT2D eigenvalue weighted by Crippen LogP contribution is -2.41. The van der Waals surface area contributed by atoms with Gasteiger partial charge in [-0.1, -0.05) is 6.07 Å². The number of hydrogen-bond acceptors (Lipinski definition) is 5. The molecule has 0 aromatic carbocycles. The summed E-state index contributed by atoms with van der Waals surface area (Å²) in [5, 5.41) is 0.417. The molecule has 0 saturated carbocycles. The van der Waals surface area contributed by atoms with Crippen LogP contribution in [0.2, 0.25) is 0 Å². The van der Waals surface area contributed by atoms with E-state index in [4.69, 9.17) is 4.74 Å². The average molecular weight is 396 g/mol. The Balaban J connectivity index is 1.66. The molecule has 1 amide bonds. The summed E-state index contributed by atoms with van der Waals surface area (Å²) in [4.78, 5) is 44.3. The van der Waals surface area contributed by atoms with Crippen molar-refractivity contribution in [3.63, 3.8) is 0 Å². The zero-order valence-corrected chi connectivity index (χ0v) is 16.8. The molecule has 0 spiro atoms. The van der Waals surface area contributed by atoms with Crippen molar-refractivity contribution in [3.05, 3.63) is 46.0 Å². The molecule has 0 N–H and O–H groups in total. The van der Waals surface area contributed by atoms with Crippen LogP contribution in [0.1, 0.15) is 35.8 Å². The molecule has 4 heterocycles. The molecular formula is C21H24N4O4. The summed E-state index contributed by atoms with van der Waals surface area (Å²) in [5.41, 5.74) is 2.20. The maximum atomic E-state index is 13.1. The Morgan fingerprint density at radius 2 is 1.97 bits per heavy atom. The van der Waals surface area contributed by atoms with E-state index in [1.807, 2.05) is 13.0 Å². The van der Waals surface area contributed by atoms with Gasteiger partial charge in [-0.15, -0.1) is 0 Å². The van der Waals surface area contributed by atoms with Gasteiger partial charge in [0.1, 0.15) is 17.0 Å². The zero-order chi connectivity index (χ0) is 20.7. The third-order valence-electron chi connectivity index (χ3n) is 5.65. The highest BCUT2D eigenvalue weighted by Crippen LogP contribution is 2.22. The molecule has 0 aliphatic carbocycles. The normalized spacial score (nSPS) is 15.2. The van der Waals surface area contributed by atoms with E-state index in [9.17, 15) is 14.4 Å². The Morgan fingerprint density at radius 1 is 1.24 bits per heavy atom. The van der Waals surface area contributed by atoms with Gasteiger partial charge >= 0.3 is 5.97 Å². The number of fused-ring (bicyclic) bond motifs is 2. The average Bonchev–Trinajstić information content (AvgIpc) is 3.06. The van der Waals surface area contributed by atoms with Crippen molar-refractivity contribution < 1.29 is 14.3 Å². The van der Waals surface area contributed by atoms with Gasteiger partial charge in [-0.05, 0) is 44.4 Å². The molecule has 1 fully saturated rings. The van der Waals surface area contributed by atoms with Gasteiger partial charge in [0.2, 0.25) is 0 Å². The molecule has 1 saturated heterocycles. The summed E-state index contributed by atoms with van der Waals surface area (Å²) >= 11 is 0. The number of amides is 1. The SMILES string of the molecule is CCOC(=O)C1CCN(C(=O)c2cc3c(=O)n4cccc(C)c4nc3n2C)CC1. The second-order valence-corrected chi connectivity index (χ2v) is 7.45. The number of esters is 1. The molecule has 0 unspecified atom stereocenters. The third kappa shape index (κ3) is 3.18. The van der Waals surface area contributed by atoms with Gasteiger partial charge in [-0.3, -0.25) is 18.8 Å². The van der Waals surface area contributed by atoms with E-state index in [1.54, 1.807) is 41.8 Å². The lowest BCUT2D eigenvalue weighted by molar-refractivity contribution is -0.149. The largest absolute Gasteiger partial charge is 0.466 e.